The van der Waals surface area contributed by atoms with Gasteiger partial charge in [-0.2, -0.15) is 0 Å². The van der Waals surface area contributed by atoms with Crippen molar-refractivity contribution in [3.8, 4) is 5.75 Å². The predicted molar refractivity (Wildman–Crippen MR) is 139 cm³/mol. The molecular formula is C26H30N2O4S2. The van der Waals surface area contributed by atoms with Crippen LogP contribution < -0.4 is 10.5 Å². The Kier molecular flexibility index (Phi) is 8.96. The highest BCUT2D eigenvalue weighted by Crippen LogP contribution is 2.39. The number of aromatic nitrogens is 1. The Balaban J connectivity index is 1.28. The Hall–Kier alpha value is -2.42. The molecule has 1 fully saturated rings. The Morgan fingerprint density at radius 2 is 2.00 bits per heavy atom. The average Bonchev–Trinajstić information content (AvgIpc) is 3.51. The summed E-state index contributed by atoms with van der Waals surface area (Å²) in [5.41, 5.74) is 8.81. The lowest BCUT2D eigenvalue weighted by atomic mass is 10.1. The van der Waals surface area contributed by atoms with Crippen LogP contribution in [0.2, 0.25) is 0 Å². The van der Waals surface area contributed by atoms with Crippen LogP contribution in [0.3, 0.4) is 0 Å². The maximum Gasteiger partial charge on any atom is 0.323 e. The first-order chi connectivity index (χ1) is 16.6. The molecule has 3 aromatic rings. The van der Waals surface area contributed by atoms with Crippen molar-refractivity contribution in [3.05, 3.63) is 65.9 Å². The van der Waals surface area contributed by atoms with E-state index in [1.807, 2.05) is 70.2 Å². The van der Waals surface area contributed by atoms with E-state index in [0.29, 0.717) is 18.6 Å². The molecule has 4 rings (SSSR count). The van der Waals surface area contributed by atoms with Crippen molar-refractivity contribution in [2.24, 2.45) is 5.73 Å². The van der Waals surface area contributed by atoms with E-state index in [-0.39, 0.29) is 12.6 Å². The molecule has 1 aliphatic rings. The molecule has 1 saturated heterocycles. The number of nitrogens with two attached hydrogens (primary N) is 1. The van der Waals surface area contributed by atoms with Crippen molar-refractivity contribution in [1.82, 2.24) is 4.98 Å². The molecule has 0 saturated carbocycles. The molecule has 180 valence electrons. The maximum absolute atomic E-state index is 12.4. The van der Waals surface area contributed by atoms with Gasteiger partial charge in [0.25, 0.3) is 0 Å². The minimum atomic E-state index is -0.787. The molecule has 2 atom stereocenters. The number of nitrogens with one attached hydrogen (secondary N) is 1. The SMILES string of the molecule is NC(Cc1c[nH]c2ccc(OC(=O)CCCCC3CCSS3)cc12)C(=O)OCc1ccccc1. The van der Waals surface area contributed by atoms with E-state index in [1.165, 1.54) is 12.2 Å². The van der Waals surface area contributed by atoms with E-state index in [2.05, 4.69) is 4.98 Å². The van der Waals surface area contributed by atoms with Gasteiger partial charge in [-0.25, -0.2) is 0 Å². The molecule has 1 aromatic heterocycles. The van der Waals surface area contributed by atoms with Crippen molar-refractivity contribution >= 4 is 44.4 Å². The van der Waals surface area contributed by atoms with Gasteiger partial charge in [-0.05, 0) is 48.6 Å². The summed E-state index contributed by atoms with van der Waals surface area (Å²) in [6.07, 6.45) is 6.90. The van der Waals surface area contributed by atoms with Gasteiger partial charge in [-0.1, -0.05) is 58.3 Å². The number of hydrogen-bond acceptors (Lipinski definition) is 7. The van der Waals surface area contributed by atoms with Crippen LogP contribution in [0, 0.1) is 0 Å². The second kappa shape index (κ2) is 12.3. The van der Waals surface area contributed by atoms with Crippen molar-refractivity contribution in [2.45, 2.75) is 56.4 Å². The summed E-state index contributed by atoms with van der Waals surface area (Å²) >= 11 is 0. The molecule has 2 aromatic carbocycles. The Morgan fingerprint density at radius 1 is 1.15 bits per heavy atom. The van der Waals surface area contributed by atoms with Gasteiger partial charge < -0.3 is 20.2 Å². The summed E-state index contributed by atoms with van der Waals surface area (Å²) in [7, 11) is 3.92. The number of unbranched alkanes of at least 4 members (excludes halogenated alkanes) is 1. The van der Waals surface area contributed by atoms with E-state index < -0.39 is 12.0 Å². The fraction of sp³-hybridized carbons (Fsp3) is 0.385. The zero-order valence-electron chi connectivity index (χ0n) is 19.0. The minimum Gasteiger partial charge on any atom is -0.460 e. The molecule has 34 heavy (non-hydrogen) atoms. The molecule has 0 amide bonds. The third kappa shape index (κ3) is 7.04. The van der Waals surface area contributed by atoms with E-state index in [1.54, 1.807) is 6.07 Å². The quantitative estimate of drug-likeness (QED) is 0.158. The molecule has 8 heteroatoms. The molecule has 0 spiro atoms. The number of fused-ring (bicyclic) bond motifs is 1. The van der Waals surface area contributed by atoms with Crippen molar-refractivity contribution in [1.29, 1.82) is 0 Å². The Labute approximate surface area is 207 Å². The molecule has 3 N–H and O–H groups in total. The van der Waals surface area contributed by atoms with Crippen molar-refractivity contribution in [2.75, 3.05) is 5.75 Å². The summed E-state index contributed by atoms with van der Waals surface area (Å²) < 4.78 is 10.9. The van der Waals surface area contributed by atoms with Crippen LogP contribution in [0.4, 0.5) is 0 Å². The second-order valence-corrected chi connectivity index (χ2v) is 11.3. The van der Waals surface area contributed by atoms with Crippen LogP contribution in [-0.2, 0) is 27.4 Å². The fourth-order valence-electron chi connectivity index (χ4n) is 3.93. The highest BCUT2D eigenvalue weighted by Gasteiger charge is 2.19. The van der Waals surface area contributed by atoms with Gasteiger partial charge in [0.1, 0.15) is 18.4 Å². The van der Waals surface area contributed by atoms with Crippen LogP contribution >= 0.6 is 21.6 Å². The van der Waals surface area contributed by atoms with E-state index in [0.717, 1.165) is 46.5 Å². The van der Waals surface area contributed by atoms with Crippen LogP contribution in [0.5, 0.6) is 5.75 Å². The topological polar surface area (TPSA) is 94.4 Å². The second-order valence-electron chi connectivity index (χ2n) is 8.47. The van der Waals surface area contributed by atoms with Crippen molar-refractivity contribution < 1.29 is 19.1 Å². The van der Waals surface area contributed by atoms with E-state index in [9.17, 15) is 9.59 Å². The van der Waals surface area contributed by atoms with Gasteiger partial charge in [0.15, 0.2) is 0 Å². The van der Waals surface area contributed by atoms with E-state index in [4.69, 9.17) is 15.2 Å². The molecule has 6 nitrogen and oxygen atoms in total. The Bertz CT molecular complexity index is 1100. The number of benzene rings is 2. The van der Waals surface area contributed by atoms with Crippen molar-refractivity contribution in [3.63, 3.8) is 0 Å². The number of ether oxygens (including phenoxy) is 2. The lowest BCUT2D eigenvalue weighted by Gasteiger charge is -2.11. The molecule has 0 aliphatic carbocycles. The monoisotopic (exact) mass is 498 g/mol. The molecule has 0 radical (unpaired) electrons. The number of hydrogen-bond donors (Lipinski definition) is 2. The number of carbonyl (C=O) groups excluding carboxylic acids is 2. The summed E-state index contributed by atoms with van der Waals surface area (Å²) in [4.78, 5) is 27.9. The third-order valence-corrected chi connectivity index (χ3v) is 8.83. The largest absolute Gasteiger partial charge is 0.460 e. The normalized spacial score (nSPS) is 16.4. The third-order valence-electron chi connectivity index (χ3n) is 5.82. The molecule has 1 aliphatic heterocycles. The van der Waals surface area contributed by atoms with Crippen LogP contribution in [-0.4, -0.2) is 34.0 Å². The summed E-state index contributed by atoms with van der Waals surface area (Å²) in [5, 5.41) is 1.62. The average molecular weight is 499 g/mol. The van der Waals surface area contributed by atoms with E-state index >= 15 is 0 Å². The van der Waals surface area contributed by atoms with Gasteiger partial charge in [-0.15, -0.1) is 0 Å². The number of rotatable bonds is 11. The van der Waals surface area contributed by atoms with Gasteiger partial charge >= 0.3 is 11.9 Å². The maximum atomic E-state index is 12.4. The zero-order chi connectivity index (χ0) is 23.8. The summed E-state index contributed by atoms with van der Waals surface area (Å²) in [6.45, 7) is 0.194. The van der Waals surface area contributed by atoms with Crippen LogP contribution in [0.15, 0.2) is 54.7 Å². The van der Waals surface area contributed by atoms with Crippen LogP contribution in [0.1, 0.15) is 43.2 Å². The first-order valence-corrected chi connectivity index (χ1v) is 14.0. The zero-order valence-corrected chi connectivity index (χ0v) is 20.7. The first-order valence-electron chi connectivity index (χ1n) is 11.6. The van der Waals surface area contributed by atoms with Gasteiger partial charge in [0, 0.05) is 40.9 Å². The number of esters is 2. The molecule has 2 unspecified atom stereocenters. The fourth-order valence-corrected chi connectivity index (χ4v) is 6.96. The molecular weight excluding hydrogens is 468 g/mol. The first kappa shape index (κ1) is 24.7. The van der Waals surface area contributed by atoms with Gasteiger partial charge in [-0.3, -0.25) is 9.59 Å². The van der Waals surface area contributed by atoms with Crippen LogP contribution in [0.25, 0.3) is 10.9 Å². The van der Waals surface area contributed by atoms with Gasteiger partial charge in [0.05, 0.1) is 0 Å². The molecule has 2 heterocycles. The summed E-state index contributed by atoms with van der Waals surface area (Å²) in [5.74, 6) is 1.07. The standard InChI is InChI=1S/C26H30N2O4S2/c27-23(26(30)31-17-18-6-2-1-3-7-18)14-19-16-28-24-11-10-20(15-22(19)24)32-25(29)9-5-4-8-21-12-13-33-34-21/h1-3,6-7,10-11,15-16,21,23,28H,4-5,8-9,12-14,17,27H2. The number of carbonyl (C=O) groups is 2. The lowest BCUT2D eigenvalue weighted by Crippen LogP contribution is -2.34. The minimum absolute atomic E-state index is 0.194. The molecule has 0 bridgehead atoms. The Morgan fingerprint density at radius 3 is 2.79 bits per heavy atom. The smallest absolute Gasteiger partial charge is 0.323 e. The number of H-pyrrole nitrogens is 1. The number of aromatic amines is 1. The lowest BCUT2D eigenvalue weighted by molar-refractivity contribution is -0.146. The predicted octanol–water partition coefficient (Wildman–Crippen LogP) is 5.40. The highest BCUT2D eigenvalue weighted by molar-refractivity contribution is 8.77. The highest BCUT2D eigenvalue weighted by atomic mass is 33.1. The summed E-state index contributed by atoms with van der Waals surface area (Å²) in [6, 6.07) is 14.2. The van der Waals surface area contributed by atoms with Gasteiger partial charge in [0.2, 0.25) is 0 Å².